The average Bonchev–Trinajstić information content (AvgIpc) is 2.74. The highest BCUT2D eigenvalue weighted by Gasteiger charge is 2.37. The van der Waals surface area contributed by atoms with Gasteiger partial charge in [0.2, 0.25) is 5.91 Å². The average molecular weight is 378 g/mol. The molecule has 1 aliphatic rings. The molecule has 2 amide bonds. The SMILES string of the molecule is C=CCN1C(=O)C(C)(C)COc2cc(NC(=O)c3cc(C)ccc3C)ccc21. The fourth-order valence-electron chi connectivity index (χ4n) is 3.21. The lowest BCUT2D eigenvalue weighted by atomic mass is 9.93. The lowest BCUT2D eigenvalue weighted by Crippen LogP contribution is -2.42. The molecule has 0 radical (unpaired) electrons. The summed E-state index contributed by atoms with van der Waals surface area (Å²) in [5.41, 5.74) is 3.24. The Morgan fingerprint density at radius 2 is 2.00 bits per heavy atom. The van der Waals surface area contributed by atoms with E-state index in [1.807, 2.05) is 45.9 Å². The fraction of sp³-hybridized carbons (Fsp3) is 0.304. The van der Waals surface area contributed by atoms with Crippen molar-refractivity contribution >= 4 is 23.2 Å². The maximum absolute atomic E-state index is 12.9. The van der Waals surface area contributed by atoms with Crippen LogP contribution in [0.15, 0.2) is 49.1 Å². The van der Waals surface area contributed by atoms with E-state index in [2.05, 4.69) is 11.9 Å². The lowest BCUT2D eigenvalue weighted by Gasteiger charge is -2.27. The number of carbonyl (C=O) groups is 2. The van der Waals surface area contributed by atoms with E-state index in [9.17, 15) is 9.59 Å². The summed E-state index contributed by atoms with van der Waals surface area (Å²) in [6, 6.07) is 11.1. The minimum atomic E-state index is -0.649. The summed E-state index contributed by atoms with van der Waals surface area (Å²) in [4.78, 5) is 27.3. The molecule has 1 heterocycles. The second-order valence-electron chi connectivity index (χ2n) is 7.83. The number of carbonyl (C=O) groups excluding carboxylic acids is 2. The topological polar surface area (TPSA) is 58.6 Å². The predicted molar refractivity (Wildman–Crippen MR) is 112 cm³/mol. The number of benzene rings is 2. The molecule has 1 aliphatic heterocycles. The number of anilines is 2. The first-order valence-corrected chi connectivity index (χ1v) is 9.31. The molecule has 0 spiro atoms. The first-order chi connectivity index (χ1) is 13.2. The van der Waals surface area contributed by atoms with Gasteiger partial charge >= 0.3 is 0 Å². The zero-order chi connectivity index (χ0) is 20.5. The Morgan fingerprint density at radius 1 is 1.25 bits per heavy atom. The van der Waals surface area contributed by atoms with Gasteiger partial charge in [0, 0.05) is 23.9 Å². The van der Waals surface area contributed by atoms with Crippen LogP contribution < -0.4 is 15.0 Å². The third-order valence-electron chi connectivity index (χ3n) is 4.87. The minimum absolute atomic E-state index is 0.0154. The number of fused-ring (bicyclic) bond motifs is 1. The van der Waals surface area contributed by atoms with Crippen molar-refractivity contribution in [1.82, 2.24) is 0 Å². The van der Waals surface area contributed by atoms with E-state index in [0.29, 0.717) is 29.2 Å². The normalized spacial score (nSPS) is 15.3. The zero-order valence-electron chi connectivity index (χ0n) is 16.8. The standard InChI is InChI=1S/C23H26N2O3/c1-6-11-25-19-10-9-17(13-20(19)28-14-23(4,5)22(25)27)24-21(26)18-12-15(2)7-8-16(18)3/h6-10,12-13H,1,11,14H2,2-5H3,(H,24,26). The van der Waals surface area contributed by atoms with Crippen LogP contribution in [0.4, 0.5) is 11.4 Å². The Morgan fingerprint density at radius 3 is 2.71 bits per heavy atom. The third-order valence-corrected chi connectivity index (χ3v) is 4.87. The minimum Gasteiger partial charge on any atom is -0.490 e. The number of hydrogen-bond donors (Lipinski definition) is 1. The molecule has 5 nitrogen and oxygen atoms in total. The first kappa shape index (κ1) is 19.7. The van der Waals surface area contributed by atoms with Gasteiger partial charge in [0.05, 0.1) is 11.1 Å². The van der Waals surface area contributed by atoms with Crippen LogP contribution in [0, 0.1) is 19.3 Å². The molecule has 0 saturated heterocycles. The van der Waals surface area contributed by atoms with Crippen molar-refractivity contribution in [3.8, 4) is 5.75 Å². The van der Waals surface area contributed by atoms with Crippen molar-refractivity contribution in [2.75, 3.05) is 23.4 Å². The van der Waals surface area contributed by atoms with Crippen LogP contribution in [0.2, 0.25) is 0 Å². The van der Waals surface area contributed by atoms with Crippen molar-refractivity contribution in [2.45, 2.75) is 27.7 Å². The molecular weight excluding hydrogens is 352 g/mol. The van der Waals surface area contributed by atoms with Gasteiger partial charge in [-0.3, -0.25) is 9.59 Å². The molecule has 5 heteroatoms. The Kier molecular flexibility index (Phi) is 5.27. The number of rotatable bonds is 4. The Labute approximate surface area is 166 Å². The van der Waals surface area contributed by atoms with Gasteiger partial charge in [0.25, 0.3) is 5.91 Å². The number of ether oxygens (including phenoxy) is 1. The zero-order valence-corrected chi connectivity index (χ0v) is 16.8. The van der Waals surface area contributed by atoms with Crippen molar-refractivity contribution < 1.29 is 14.3 Å². The van der Waals surface area contributed by atoms with E-state index < -0.39 is 5.41 Å². The molecule has 0 fully saturated rings. The van der Waals surface area contributed by atoms with Crippen LogP contribution in [0.1, 0.15) is 35.3 Å². The summed E-state index contributed by atoms with van der Waals surface area (Å²) in [6.45, 7) is 12.0. The molecule has 0 aromatic heterocycles. The fourth-order valence-corrected chi connectivity index (χ4v) is 3.21. The van der Waals surface area contributed by atoms with Crippen molar-refractivity contribution in [2.24, 2.45) is 5.41 Å². The summed E-state index contributed by atoms with van der Waals surface area (Å²) >= 11 is 0. The molecule has 0 bridgehead atoms. The van der Waals surface area contributed by atoms with Gasteiger partial charge in [-0.15, -0.1) is 6.58 Å². The molecule has 2 aromatic rings. The Balaban J connectivity index is 1.92. The molecule has 0 aliphatic carbocycles. The number of hydrogen-bond acceptors (Lipinski definition) is 3. The van der Waals surface area contributed by atoms with Gasteiger partial charge in [-0.2, -0.15) is 0 Å². The monoisotopic (exact) mass is 378 g/mol. The molecule has 3 rings (SSSR count). The lowest BCUT2D eigenvalue weighted by molar-refractivity contribution is -0.127. The van der Waals surface area contributed by atoms with Crippen LogP contribution in [-0.4, -0.2) is 25.0 Å². The summed E-state index contributed by atoms with van der Waals surface area (Å²) < 4.78 is 5.93. The largest absolute Gasteiger partial charge is 0.490 e. The molecule has 0 unspecified atom stereocenters. The first-order valence-electron chi connectivity index (χ1n) is 9.31. The van der Waals surface area contributed by atoms with E-state index in [1.165, 1.54) is 0 Å². The van der Waals surface area contributed by atoms with Gasteiger partial charge < -0.3 is 15.0 Å². The van der Waals surface area contributed by atoms with Crippen molar-refractivity contribution in [3.63, 3.8) is 0 Å². The highest BCUT2D eigenvalue weighted by Crippen LogP contribution is 2.38. The maximum atomic E-state index is 12.9. The molecule has 2 aromatic carbocycles. The van der Waals surface area contributed by atoms with Crippen LogP contribution in [-0.2, 0) is 4.79 Å². The van der Waals surface area contributed by atoms with E-state index in [-0.39, 0.29) is 18.4 Å². The molecular formula is C23H26N2O3. The highest BCUT2D eigenvalue weighted by molar-refractivity contribution is 6.06. The van der Waals surface area contributed by atoms with Gasteiger partial charge in [0.15, 0.2) is 0 Å². The molecule has 0 atom stereocenters. The van der Waals surface area contributed by atoms with Gasteiger partial charge in [0.1, 0.15) is 12.4 Å². The van der Waals surface area contributed by atoms with Crippen LogP contribution in [0.3, 0.4) is 0 Å². The predicted octanol–water partition coefficient (Wildman–Crippen LogP) is 4.49. The van der Waals surface area contributed by atoms with Gasteiger partial charge in [-0.25, -0.2) is 0 Å². The Hall–Kier alpha value is -3.08. The second kappa shape index (κ2) is 7.50. The Bertz CT molecular complexity index is 947. The van der Waals surface area contributed by atoms with E-state index in [0.717, 1.165) is 11.1 Å². The van der Waals surface area contributed by atoms with Gasteiger partial charge in [-0.05, 0) is 51.5 Å². The van der Waals surface area contributed by atoms with E-state index in [4.69, 9.17) is 4.74 Å². The van der Waals surface area contributed by atoms with Crippen molar-refractivity contribution in [1.29, 1.82) is 0 Å². The van der Waals surface area contributed by atoms with Crippen molar-refractivity contribution in [3.05, 3.63) is 65.7 Å². The van der Waals surface area contributed by atoms with E-state index in [1.54, 1.807) is 29.2 Å². The smallest absolute Gasteiger partial charge is 0.255 e. The number of nitrogens with one attached hydrogen (secondary N) is 1. The molecule has 146 valence electrons. The molecule has 0 saturated carbocycles. The summed E-state index contributed by atoms with van der Waals surface area (Å²) in [7, 11) is 0. The maximum Gasteiger partial charge on any atom is 0.255 e. The second-order valence-corrected chi connectivity index (χ2v) is 7.83. The molecule has 1 N–H and O–H groups in total. The third kappa shape index (κ3) is 3.79. The quantitative estimate of drug-likeness (QED) is 0.797. The summed E-state index contributed by atoms with van der Waals surface area (Å²) in [5, 5.41) is 2.93. The summed E-state index contributed by atoms with van der Waals surface area (Å²) in [6.07, 6.45) is 1.69. The van der Waals surface area contributed by atoms with E-state index >= 15 is 0 Å². The van der Waals surface area contributed by atoms with Crippen LogP contribution in [0.25, 0.3) is 0 Å². The number of nitrogens with zero attached hydrogens (tertiary/aromatic N) is 1. The number of aryl methyl sites for hydroxylation is 2. The van der Waals surface area contributed by atoms with Crippen LogP contribution >= 0.6 is 0 Å². The van der Waals surface area contributed by atoms with Crippen LogP contribution in [0.5, 0.6) is 5.75 Å². The summed E-state index contributed by atoms with van der Waals surface area (Å²) in [5.74, 6) is 0.381. The highest BCUT2D eigenvalue weighted by atomic mass is 16.5. The van der Waals surface area contributed by atoms with Gasteiger partial charge in [-0.1, -0.05) is 23.8 Å². The molecule has 28 heavy (non-hydrogen) atoms. The number of amides is 2.